The quantitative estimate of drug-likeness (QED) is 0.887. The molecule has 1 nitrogen and oxygen atoms in total. The minimum atomic E-state index is -0.340. The highest BCUT2D eigenvalue weighted by Gasteiger charge is 2.13. The Labute approximate surface area is 118 Å². The summed E-state index contributed by atoms with van der Waals surface area (Å²) < 4.78 is 13.0. The summed E-state index contributed by atoms with van der Waals surface area (Å²) in [4.78, 5) is 0. The van der Waals surface area contributed by atoms with Crippen LogP contribution >= 0.6 is 11.6 Å². The zero-order valence-corrected chi connectivity index (χ0v) is 11.8. The third-order valence-electron chi connectivity index (χ3n) is 3.31. The first-order valence-electron chi connectivity index (χ1n) is 6.24. The predicted octanol–water partition coefficient (Wildman–Crippen LogP) is 4.34. The van der Waals surface area contributed by atoms with Crippen molar-refractivity contribution in [3.63, 3.8) is 0 Å². The number of halogens is 2. The molecule has 0 aliphatic carbocycles. The van der Waals surface area contributed by atoms with Crippen LogP contribution in [0, 0.1) is 19.7 Å². The van der Waals surface area contributed by atoms with Crippen LogP contribution in [0.25, 0.3) is 0 Å². The molecule has 3 heteroatoms. The molecule has 100 valence electrons. The molecule has 0 heterocycles. The number of benzene rings is 2. The van der Waals surface area contributed by atoms with Crippen molar-refractivity contribution in [2.75, 3.05) is 0 Å². The van der Waals surface area contributed by atoms with Crippen LogP contribution in [0.4, 0.5) is 4.39 Å². The molecule has 2 rings (SSSR count). The molecule has 2 aromatic carbocycles. The van der Waals surface area contributed by atoms with Crippen LogP contribution < -0.4 is 5.73 Å². The van der Waals surface area contributed by atoms with Crippen molar-refractivity contribution >= 4 is 11.6 Å². The minimum absolute atomic E-state index is 0.228. The smallest absolute Gasteiger partial charge is 0.124 e. The number of hydrogen-bond donors (Lipinski definition) is 1. The molecule has 19 heavy (non-hydrogen) atoms. The lowest BCUT2D eigenvalue weighted by molar-refractivity contribution is 0.624. The van der Waals surface area contributed by atoms with E-state index >= 15 is 0 Å². The third kappa shape index (κ3) is 3.34. The van der Waals surface area contributed by atoms with E-state index in [0.29, 0.717) is 11.4 Å². The Hall–Kier alpha value is -1.38. The van der Waals surface area contributed by atoms with E-state index in [1.54, 1.807) is 6.07 Å². The van der Waals surface area contributed by atoms with Gasteiger partial charge in [-0.3, -0.25) is 0 Å². The molecule has 0 bridgehead atoms. The molecule has 0 spiro atoms. The molecule has 0 amide bonds. The van der Waals surface area contributed by atoms with Crippen molar-refractivity contribution in [2.24, 2.45) is 5.73 Å². The fourth-order valence-electron chi connectivity index (χ4n) is 2.17. The highest BCUT2D eigenvalue weighted by molar-refractivity contribution is 6.31. The van der Waals surface area contributed by atoms with Crippen LogP contribution in [-0.2, 0) is 6.42 Å². The molecular weight excluding hydrogens is 261 g/mol. The van der Waals surface area contributed by atoms with Crippen molar-refractivity contribution < 1.29 is 4.39 Å². The summed E-state index contributed by atoms with van der Waals surface area (Å²) in [5, 5.41) is 0.387. The Bertz CT molecular complexity index is 595. The van der Waals surface area contributed by atoms with Crippen LogP contribution in [0.1, 0.15) is 28.3 Å². The maximum absolute atomic E-state index is 13.0. The van der Waals surface area contributed by atoms with Crippen molar-refractivity contribution in [1.82, 2.24) is 0 Å². The van der Waals surface area contributed by atoms with Gasteiger partial charge in [0.25, 0.3) is 0 Å². The summed E-state index contributed by atoms with van der Waals surface area (Å²) in [5.41, 5.74) is 10.6. The van der Waals surface area contributed by atoms with Gasteiger partial charge in [0.05, 0.1) is 0 Å². The van der Waals surface area contributed by atoms with Gasteiger partial charge in [0.2, 0.25) is 0 Å². The van der Waals surface area contributed by atoms with Crippen LogP contribution in [0.3, 0.4) is 0 Å². The van der Waals surface area contributed by atoms with E-state index in [0.717, 1.165) is 5.56 Å². The lowest BCUT2D eigenvalue weighted by atomic mass is 9.95. The van der Waals surface area contributed by atoms with Crippen LogP contribution in [0.15, 0.2) is 36.4 Å². The Morgan fingerprint density at radius 1 is 1.16 bits per heavy atom. The molecule has 0 radical (unpaired) electrons. The fraction of sp³-hybridized carbons (Fsp3) is 0.250. The summed E-state index contributed by atoms with van der Waals surface area (Å²) in [5.74, 6) is -0.340. The Balaban J connectivity index is 2.25. The molecule has 0 fully saturated rings. The van der Waals surface area contributed by atoms with Crippen LogP contribution in [-0.4, -0.2) is 0 Å². The van der Waals surface area contributed by atoms with Gasteiger partial charge >= 0.3 is 0 Å². The van der Waals surface area contributed by atoms with Crippen molar-refractivity contribution in [1.29, 1.82) is 0 Å². The number of nitrogens with two attached hydrogens (primary N) is 1. The number of rotatable bonds is 3. The van der Waals surface area contributed by atoms with E-state index in [9.17, 15) is 4.39 Å². The Morgan fingerprint density at radius 3 is 2.58 bits per heavy atom. The molecule has 2 aromatic rings. The normalized spacial score (nSPS) is 12.5. The van der Waals surface area contributed by atoms with Gasteiger partial charge in [-0.25, -0.2) is 4.39 Å². The second-order valence-electron chi connectivity index (χ2n) is 4.91. The Kier molecular flexibility index (Phi) is 4.23. The van der Waals surface area contributed by atoms with Gasteiger partial charge in [-0.1, -0.05) is 41.4 Å². The lowest BCUT2D eigenvalue weighted by Gasteiger charge is -2.16. The van der Waals surface area contributed by atoms with E-state index in [-0.39, 0.29) is 11.9 Å². The maximum Gasteiger partial charge on any atom is 0.124 e. The first-order chi connectivity index (χ1) is 8.97. The predicted molar refractivity (Wildman–Crippen MR) is 78.0 cm³/mol. The number of hydrogen-bond acceptors (Lipinski definition) is 1. The van der Waals surface area contributed by atoms with Crippen LogP contribution in [0.5, 0.6) is 0 Å². The van der Waals surface area contributed by atoms with Gasteiger partial charge in [0, 0.05) is 11.1 Å². The van der Waals surface area contributed by atoms with E-state index in [1.807, 2.05) is 0 Å². The van der Waals surface area contributed by atoms with E-state index in [2.05, 4.69) is 32.0 Å². The SMILES string of the molecule is Cc1ccc(C)c(CC(N)c2ccc(F)cc2Cl)c1. The van der Waals surface area contributed by atoms with Gasteiger partial charge in [0.15, 0.2) is 0 Å². The van der Waals surface area contributed by atoms with Crippen molar-refractivity contribution in [3.05, 3.63) is 69.5 Å². The molecule has 0 aliphatic heterocycles. The summed E-state index contributed by atoms with van der Waals surface area (Å²) in [6.45, 7) is 4.12. The van der Waals surface area contributed by atoms with Gasteiger partial charge < -0.3 is 5.73 Å². The zero-order valence-electron chi connectivity index (χ0n) is 11.1. The second kappa shape index (κ2) is 5.72. The molecule has 0 aromatic heterocycles. The highest BCUT2D eigenvalue weighted by atomic mass is 35.5. The standard InChI is InChI=1S/C16H17ClFN/c1-10-3-4-11(2)12(7-10)8-16(19)14-6-5-13(18)9-15(14)17/h3-7,9,16H,8,19H2,1-2H3. The average Bonchev–Trinajstić information content (AvgIpc) is 2.33. The summed E-state index contributed by atoms with van der Waals surface area (Å²) in [6, 6.07) is 10.4. The van der Waals surface area contributed by atoms with Gasteiger partial charge in [0.1, 0.15) is 5.82 Å². The van der Waals surface area contributed by atoms with E-state index in [1.165, 1.54) is 28.8 Å². The zero-order chi connectivity index (χ0) is 14.0. The van der Waals surface area contributed by atoms with Crippen LogP contribution in [0.2, 0.25) is 5.02 Å². The molecule has 2 N–H and O–H groups in total. The summed E-state index contributed by atoms with van der Waals surface area (Å²) >= 11 is 6.04. The van der Waals surface area contributed by atoms with Crippen molar-refractivity contribution in [3.8, 4) is 0 Å². The number of aryl methyl sites for hydroxylation is 2. The summed E-state index contributed by atoms with van der Waals surface area (Å²) in [7, 11) is 0. The highest BCUT2D eigenvalue weighted by Crippen LogP contribution is 2.26. The van der Waals surface area contributed by atoms with Gasteiger partial charge in [-0.15, -0.1) is 0 Å². The molecule has 0 saturated carbocycles. The average molecular weight is 278 g/mol. The van der Waals surface area contributed by atoms with Gasteiger partial charge in [-0.2, -0.15) is 0 Å². The largest absolute Gasteiger partial charge is 0.324 e. The first-order valence-corrected chi connectivity index (χ1v) is 6.62. The molecule has 0 aliphatic rings. The fourth-order valence-corrected chi connectivity index (χ4v) is 2.48. The third-order valence-corrected chi connectivity index (χ3v) is 3.63. The minimum Gasteiger partial charge on any atom is -0.324 e. The monoisotopic (exact) mass is 277 g/mol. The Morgan fingerprint density at radius 2 is 1.89 bits per heavy atom. The molecular formula is C16H17ClFN. The second-order valence-corrected chi connectivity index (χ2v) is 5.31. The summed E-state index contributed by atoms with van der Waals surface area (Å²) in [6.07, 6.45) is 0.693. The maximum atomic E-state index is 13.0. The molecule has 0 saturated heterocycles. The van der Waals surface area contributed by atoms with E-state index < -0.39 is 0 Å². The topological polar surface area (TPSA) is 26.0 Å². The first kappa shape index (κ1) is 14.0. The van der Waals surface area contributed by atoms with E-state index in [4.69, 9.17) is 17.3 Å². The molecule has 1 atom stereocenters. The molecule has 1 unspecified atom stereocenters. The van der Waals surface area contributed by atoms with Crippen molar-refractivity contribution in [2.45, 2.75) is 26.3 Å². The van der Waals surface area contributed by atoms with Gasteiger partial charge in [-0.05, 0) is 49.1 Å². The lowest BCUT2D eigenvalue weighted by Crippen LogP contribution is -2.14.